The van der Waals surface area contributed by atoms with Crippen molar-refractivity contribution in [3.05, 3.63) is 0 Å². The van der Waals surface area contributed by atoms with Gasteiger partial charge in [-0.25, -0.2) is 0 Å². The molecule has 0 aromatic carbocycles. The van der Waals surface area contributed by atoms with Gasteiger partial charge in [0.2, 0.25) is 0 Å². The van der Waals surface area contributed by atoms with Crippen LogP contribution in [-0.2, 0) is 26.5 Å². The molecule has 1 rings (SSSR count). The summed E-state index contributed by atoms with van der Waals surface area (Å²) < 4.78 is 4.94. The fourth-order valence-electron chi connectivity index (χ4n) is 0.510. The van der Waals surface area contributed by atoms with E-state index in [1.54, 1.807) is 0 Å². The predicted octanol–water partition coefficient (Wildman–Crippen LogP) is 0.0871. The van der Waals surface area contributed by atoms with Gasteiger partial charge in [-0.05, 0) is 12.8 Å². The molecule has 0 amide bonds. The van der Waals surface area contributed by atoms with E-state index in [0.29, 0.717) is 0 Å². The molecular weight excluding hydrogens is 176 g/mol. The molecule has 1 saturated heterocycles. The molecular formula is C4H12O5Ti-4. The SMILES string of the molecule is C1CCOC1.[OH-].[OH-].[OH-].[OH-].[Ti]. The van der Waals surface area contributed by atoms with Crippen LogP contribution in [0.25, 0.3) is 0 Å². The van der Waals surface area contributed by atoms with Gasteiger partial charge < -0.3 is 26.6 Å². The smallest absolute Gasteiger partial charge is 0.0466 e. The number of hydrogen-bond acceptors (Lipinski definition) is 5. The van der Waals surface area contributed by atoms with Crippen molar-refractivity contribution in [1.29, 1.82) is 0 Å². The number of rotatable bonds is 0. The molecule has 0 atom stereocenters. The number of hydrogen-bond donors (Lipinski definition) is 0. The zero-order valence-electron chi connectivity index (χ0n) is 5.53. The minimum Gasteiger partial charge on any atom is -0.870 e. The second kappa shape index (κ2) is 22.7. The third-order valence-electron chi connectivity index (χ3n) is 0.827. The summed E-state index contributed by atoms with van der Waals surface area (Å²) in [6.45, 7) is 2.00. The Kier molecular flexibility index (Phi) is 71.0. The second-order valence-corrected chi connectivity index (χ2v) is 1.32. The van der Waals surface area contributed by atoms with Gasteiger partial charge in [-0.15, -0.1) is 0 Å². The van der Waals surface area contributed by atoms with E-state index in [9.17, 15) is 0 Å². The Bertz CT molecular complexity index is 25.2. The first-order valence-corrected chi connectivity index (χ1v) is 2.08. The van der Waals surface area contributed by atoms with Gasteiger partial charge in [0.25, 0.3) is 0 Å². The van der Waals surface area contributed by atoms with E-state index >= 15 is 0 Å². The molecule has 0 aromatic heterocycles. The molecule has 4 N–H and O–H groups in total. The molecule has 6 heteroatoms. The largest absolute Gasteiger partial charge is 0.870 e. The Morgan fingerprint density at radius 2 is 1.00 bits per heavy atom. The van der Waals surface area contributed by atoms with Crippen LogP contribution >= 0.6 is 0 Å². The van der Waals surface area contributed by atoms with E-state index in [1.807, 2.05) is 0 Å². The molecule has 0 saturated carbocycles. The van der Waals surface area contributed by atoms with E-state index < -0.39 is 0 Å². The minimum absolute atomic E-state index is 0. The summed E-state index contributed by atoms with van der Waals surface area (Å²) in [6.07, 6.45) is 2.56. The van der Waals surface area contributed by atoms with Crippen molar-refractivity contribution in [2.75, 3.05) is 13.2 Å². The van der Waals surface area contributed by atoms with Crippen molar-refractivity contribution >= 4 is 0 Å². The van der Waals surface area contributed by atoms with Crippen molar-refractivity contribution in [1.82, 2.24) is 0 Å². The van der Waals surface area contributed by atoms with Crippen LogP contribution in [0.3, 0.4) is 0 Å². The van der Waals surface area contributed by atoms with Crippen LogP contribution in [0.2, 0.25) is 0 Å². The van der Waals surface area contributed by atoms with E-state index in [1.165, 1.54) is 12.8 Å². The van der Waals surface area contributed by atoms with Crippen LogP contribution in [0.1, 0.15) is 12.8 Å². The summed E-state index contributed by atoms with van der Waals surface area (Å²) in [5.74, 6) is 0. The van der Waals surface area contributed by atoms with Gasteiger partial charge >= 0.3 is 0 Å². The van der Waals surface area contributed by atoms with Gasteiger partial charge in [0.1, 0.15) is 0 Å². The van der Waals surface area contributed by atoms with E-state index in [-0.39, 0.29) is 43.6 Å². The molecule has 0 aliphatic carbocycles. The Hall–Kier alpha value is 0.514. The molecule has 1 aliphatic heterocycles. The van der Waals surface area contributed by atoms with Crippen LogP contribution in [-0.4, -0.2) is 35.1 Å². The van der Waals surface area contributed by atoms with Crippen molar-refractivity contribution < 1.29 is 48.4 Å². The first-order valence-electron chi connectivity index (χ1n) is 2.08. The molecule has 0 aromatic rings. The van der Waals surface area contributed by atoms with Crippen LogP contribution < -0.4 is 0 Å². The summed E-state index contributed by atoms with van der Waals surface area (Å²) in [6, 6.07) is 0. The van der Waals surface area contributed by atoms with Gasteiger partial charge in [0.05, 0.1) is 0 Å². The third kappa shape index (κ3) is 15.8. The Labute approximate surface area is 74.9 Å². The van der Waals surface area contributed by atoms with Crippen molar-refractivity contribution in [3.8, 4) is 0 Å². The van der Waals surface area contributed by atoms with Gasteiger partial charge in [-0.3, -0.25) is 0 Å². The molecule has 1 heterocycles. The van der Waals surface area contributed by atoms with Crippen LogP contribution in [0.5, 0.6) is 0 Å². The molecule has 0 radical (unpaired) electrons. The maximum absolute atomic E-state index is 4.94. The predicted molar refractivity (Wildman–Crippen MR) is 27.8 cm³/mol. The normalized spacial score (nSPS) is 12.0. The molecule has 1 aliphatic rings. The molecule has 0 bridgehead atoms. The van der Waals surface area contributed by atoms with Gasteiger partial charge in [0, 0.05) is 34.9 Å². The minimum atomic E-state index is 0. The monoisotopic (exact) mass is 188 g/mol. The van der Waals surface area contributed by atoms with Crippen LogP contribution in [0.15, 0.2) is 0 Å². The third-order valence-corrected chi connectivity index (χ3v) is 0.827. The van der Waals surface area contributed by atoms with Crippen molar-refractivity contribution in [3.63, 3.8) is 0 Å². The Morgan fingerprint density at radius 1 is 0.700 bits per heavy atom. The average Bonchev–Trinajstić information content (AvgIpc) is 1.76. The van der Waals surface area contributed by atoms with Gasteiger partial charge in [-0.1, -0.05) is 0 Å². The summed E-state index contributed by atoms with van der Waals surface area (Å²) in [4.78, 5) is 0. The van der Waals surface area contributed by atoms with E-state index in [2.05, 4.69) is 0 Å². The fourth-order valence-corrected chi connectivity index (χ4v) is 0.510. The second-order valence-electron chi connectivity index (χ2n) is 1.32. The average molecular weight is 188 g/mol. The molecule has 10 heavy (non-hydrogen) atoms. The molecule has 66 valence electrons. The molecule has 0 spiro atoms. The molecule has 0 unspecified atom stereocenters. The van der Waals surface area contributed by atoms with E-state index in [0.717, 1.165) is 13.2 Å². The quantitative estimate of drug-likeness (QED) is 0.497. The maximum atomic E-state index is 4.94. The summed E-state index contributed by atoms with van der Waals surface area (Å²) in [5, 5.41) is 0. The standard InChI is InChI=1S/C4H8O.4H2O.Ti/c1-2-4-5-3-1;;;;;/h1-4H2;4*1H2;/p-4. The number of ether oxygens (including phenoxy) is 1. The fraction of sp³-hybridized carbons (Fsp3) is 1.00. The van der Waals surface area contributed by atoms with Gasteiger partial charge in [0.15, 0.2) is 0 Å². The molecule has 1 fully saturated rings. The van der Waals surface area contributed by atoms with Gasteiger partial charge in [-0.2, -0.15) is 0 Å². The Morgan fingerprint density at radius 3 is 1.10 bits per heavy atom. The molecule has 5 nitrogen and oxygen atoms in total. The summed E-state index contributed by atoms with van der Waals surface area (Å²) in [7, 11) is 0. The first kappa shape index (κ1) is 31.3. The van der Waals surface area contributed by atoms with Crippen LogP contribution in [0.4, 0.5) is 0 Å². The maximum Gasteiger partial charge on any atom is 0.0466 e. The van der Waals surface area contributed by atoms with E-state index in [4.69, 9.17) is 4.74 Å². The zero-order valence-corrected chi connectivity index (χ0v) is 7.09. The van der Waals surface area contributed by atoms with Crippen molar-refractivity contribution in [2.45, 2.75) is 12.8 Å². The van der Waals surface area contributed by atoms with Crippen LogP contribution in [0, 0.1) is 0 Å². The summed E-state index contributed by atoms with van der Waals surface area (Å²) in [5.41, 5.74) is 0. The summed E-state index contributed by atoms with van der Waals surface area (Å²) >= 11 is 0. The first-order chi connectivity index (χ1) is 2.50. The Balaban J connectivity index is -0.0000000167. The van der Waals surface area contributed by atoms with Crippen molar-refractivity contribution in [2.24, 2.45) is 0 Å². The zero-order chi connectivity index (χ0) is 3.54. The topological polar surface area (TPSA) is 129 Å².